The van der Waals surface area contributed by atoms with Gasteiger partial charge >= 0.3 is 0 Å². The van der Waals surface area contributed by atoms with Crippen molar-refractivity contribution in [3.05, 3.63) is 12.2 Å². The molecule has 0 aromatic heterocycles. The van der Waals surface area contributed by atoms with Crippen LogP contribution in [0.25, 0.3) is 0 Å². The van der Waals surface area contributed by atoms with Crippen LogP contribution in [0.4, 0.5) is 0 Å². The second kappa shape index (κ2) is 8.52. The van der Waals surface area contributed by atoms with E-state index < -0.39 is 0 Å². The number of fused-ring (bicyclic) bond motifs is 1. The van der Waals surface area contributed by atoms with Crippen molar-refractivity contribution < 1.29 is 10.2 Å². The van der Waals surface area contributed by atoms with Crippen molar-refractivity contribution in [3.8, 4) is 0 Å². The summed E-state index contributed by atoms with van der Waals surface area (Å²) in [7, 11) is 4.27. The molecule has 3 N–H and O–H groups in total. The molecule has 3 aliphatic rings. The molecule has 0 radical (unpaired) electrons. The van der Waals surface area contributed by atoms with Crippen LogP contribution in [0, 0.1) is 29.1 Å². The molecule has 3 rings (SSSR count). The van der Waals surface area contributed by atoms with Crippen molar-refractivity contribution in [1.82, 2.24) is 10.2 Å². The Morgan fingerprint density at radius 1 is 1.22 bits per heavy atom. The maximum atomic E-state index is 10.9. The van der Waals surface area contributed by atoms with Crippen LogP contribution in [-0.2, 0) is 0 Å². The first-order chi connectivity index (χ1) is 12.7. The van der Waals surface area contributed by atoms with E-state index in [1.165, 1.54) is 31.3 Å². The molecule has 3 aliphatic carbocycles. The Balaban J connectivity index is 1.75. The quantitative estimate of drug-likeness (QED) is 0.622. The Morgan fingerprint density at radius 2 is 1.96 bits per heavy atom. The lowest BCUT2D eigenvalue weighted by Gasteiger charge is -2.53. The van der Waals surface area contributed by atoms with Crippen molar-refractivity contribution >= 4 is 0 Å². The molecule has 4 nitrogen and oxygen atoms in total. The summed E-state index contributed by atoms with van der Waals surface area (Å²) in [6.45, 7) is 11.0. The molecule has 0 aromatic carbocycles. The Kier molecular flexibility index (Phi) is 6.72. The second-order valence-corrected chi connectivity index (χ2v) is 10.2. The third-order valence-corrected chi connectivity index (χ3v) is 8.52. The summed E-state index contributed by atoms with van der Waals surface area (Å²) in [5.41, 5.74) is 1.41. The van der Waals surface area contributed by atoms with E-state index in [4.69, 9.17) is 0 Å². The monoisotopic (exact) mass is 378 g/mol. The number of nitrogens with one attached hydrogen (secondary N) is 1. The fourth-order valence-corrected chi connectivity index (χ4v) is 6.32. The van der Waals surface area contributed by atoms with Gasteiger partial charge in [0, 0.05) is 12.6 Å². The van der Waals surface area contributed by atoms with Gasteiger partial charge in [-0.05, 0) is 102 Å². The van der Waals surface area contributed by atoms with Crippen molar-refractivity contribution in [2.75, 3.05) is 27.2 Å². The lowest BCUT2D eigenvalue weighted by molar-refractivity contribution is -0.110. The number of aliphatic hydroxyl groups is 2. The topological polar surface area (TPSA) is 55.7 Å². The van der Waals surface area contributed by atoms with E-state index >= 15 is 0 Å². The van der Waals surface area contributed by atoms with Crippen LogP contribution < -0.4 is 5.32 Å². The minimum absolute atomic E-state index is 0.0619. The van der Waals surface area contributed by atoms with E-state index in [1.807, 2.05) is 0 Å². The van der Waals surface area contributed by atoms with Crippen LogP contribution in [0.1, 0.15) is 58.8 Å². The zero-order valence-electron chi connectivity index (χ0n) is 18.0. The number of aliphatic hydroxyl groups excluding tert-OH is 2. The van der Waals surface area contributed by atoms with Gasteiger partial charge in [0.25, 0.3) is 0 Å². The summed E-state index contributed by atoms with van der Waals surface area (Å²) in [5, 5.41) is 24.7. The molecule has 0 saturated heterocycles. The first-order valence-electron chi connectivity index (χ1n) is 11.1. The normalized spacial score (nSPS) is 43.7. The van der Waals surface area contributed by atoms with E-state index in [0.29, 0.717) is 36.1 Å². The van der Waals surface area contributed by atoms with E-state index in [0.717, 1.165) is 25.9 Å². The molecule has 0 aromatic rings. The molecule has 0 bridgehead atoms. The largest absolute Gasteiger partial charge is 0.393 e. The standard InChI is InChI=1S/C23H42N2O2/c1-15-6-7-19-18(15)8-9-21(20(19)14-24-13-16(2)25(4)5)23(3)11-10-17(26)12-22(23)27/h16-22,24,26-27H,1,6-14H2,2-5H3/t16?,17-,18?,19?,20+,21?,22-,23-/m1/s1. The van der Waals surface area contributed by atoms with E-state index in [9.17, 15) is 10.2 Å². The zero-order chi connectivity index (χ0) is 19.8. The first kappa shape index (κ1) is 21.3. The molecular formula is C23H42N2O2. The van der Waals surface area contributed by atoms with E-state index in [-0.39, 0.29) is 17.6 Å². The van der Waals surface area contributed by atoms with Gasteiger partial charge in [-0.3, -0.25) is 0 Å². The Labute approximate surface area is 166 Å². The summed E-state index contributed by atoms with van der Waals surface area (Å²) in [4.78, 5) is 2.26. The molecule has 0 aliphatic heterocycles. The molecule has 3 saturated carbocycles. The van der Waals surface area contributed by atoms with Crippen LogP contribution >= 0.6 is 0 Å². The molecule has 4 heteroatoms. The first-order valence-corrected chi connectivity index (χ1v) is 11.1. The summed E-state index contributed by atoms with van der Waals surface area (Å²) >= 11 is 0. The van der Waals surface area contributed by atoms with Crippen molar-refractivity contribution in [3.63, 3.8) is 0 Å². The summed E-state index contributed by atoms with van der Waals surface area (Å²) in [6, 6.07) is 0.521. The molecule has 27 heavy (non-hydrogen) atoms. The van der Waals surface area contributed by atoms with Gasteiger partial charge in [0.1, 0.15) is 0 Å². The van der Waals surface area contributed by atoms with Crippen molar-refractivity contribution in [2.45, 2.75) is 77.0 Å². The minimum Gasteiger partial charge on any atom is -0.393 e. The fraction of sp³-hybridized carbons (Fsp3) is 0.913. The highest BCUT2D eigenvalue weighted by Crippen LogP contribution is 2.57. The molecule has 3 fully saturated rings. The highest BCUT2D eigenvalue weighted by Gasteiger charge is 2.52. The van der Waals surface area contributed by atoms with Crippen LogP contribution in [0.3, 0.4) is 0 Å². The number of hydrogen-bond acceptors (Lipinski definition) is 4. The number of rotatable bonds is 6. The molecule has 156 valence electrons. The minimum atomic E-state index is -0.379. The van der Waals surface area contributed by atoms with Gasteiger partial charge in [0.05, 0.1) is 12.2 Å². The van der Waals surface area contributed by atoms with Gasteiger partial charge in [-0.2, -0.15) is 0 Å². The van der Waals surface area contributed by atoms with Crippen molar-refractivity contribution in [1.29, 1.82) is 0 Å². The summed E-state index contributed by atoms with van der Waals surface area (Å²) < 4.78 is 0. The second-order valence-electron chi connectivity index (χ2n) is 10.2. The predicted octanol–water partition coefficient (Wildman–Crippen LogP) is 3.05. The van der Waals surface area contributed by atoms with E-state index in [1.54, 1.807) is 0 Å². The SMILES string of the molecule is C=C1CCC2C1CCC([C@@]1(C)CC[C@@H](O)C[C@H]1O)[C@H]2CNCC(C)N(C)C. The molecule has 0 amide bonds. The smallest absolute Gasteiger partial charge is 0.0621 e. The lowest BCUT2D eigenvalue weighted by atomic mass is 9.54. The van der Waals surface area contributed by atoms with Crippen LogP contribution in [0.15, 0.2) is 12.2 Å². The van der Waals surface area contributed by atoms with Crippen molar-refractivity contribution in [2.24, 2.45) is 29.1 Å². The average Bonchev–Trinajstić information content (AvgIpc) is 3.00. The van der Waals surface area contributed by atoms with Gasteiger partial charge in [-0.1, -0.05) is 19.1 Å². The number of allylic oxidation sites excluding steroid dienone is 1. The number of nitrogens with zero attached hydrogens (tertiary/aromatic N) is 1. The Hall–Kier alpha value is -0.420. The van der Waals surface area contributed by atoms with Gasteiger partial charge in [-0.25, -0.2) is 0 Å². The Morgan fingerprint density at radius 3 is 2.63 bits per heavy atom. The zero-order valence-corrected chi connectivity index (χ0v) is 18.0. The Bertz CT molecular complexity index is 523. The maximum Gasteiger partial charge on any atom is 0.0621 e. The third kappa shape index (κ3) is 4.29. The summed E-state index contributed by atoms with van der Waals surface area (Å²) in [6.07, 6.45) is 6.51. The van der Waals surface area contributed by atoms with Gasteiger partial charge in [0.2, 0.25) is 0 Å². The van der Waals surface area contributed by atoms with Gasteiger partial charge in [0.15, 0.2) is 0 Å². The van der Waals surface area contributed by atoms with E-state index in [2.05, 4.69) is 44.7 Å². The molecule has 4 unspecified atom stereocenters. The predicted molar refractivity (Wildman–Crippen MR) is 112 cm³/mol. The van der Waals surface area contributed by atoms with Crippen LogP contribution in [-0.4, -0.2) is 60.5 Å². The maximum absolute atomic E-state index is 10.9. The van der Waals surface area contributed by atoms with Crippen LogP contribution in [0.5, 0.6) is 0 Å². The van der Waals surface area contributed by atoms with Crippen LogP contribution in [0.2, 0.25) is 0 Å². The molecule has 0 heterocycles. The third-order valence-electron chi connectivity index (χ3n) is 8.52. The molecule has 0 spiro atoms. The highest BCUT2D eigenvalue weighted by molar-refractivity contribution is 5.14. The summed E-state index contributed by atoms with van der Waals surface area (Å²) in [5.74, 6) is 2.55. The average molecular weight is 379 g/mol. The highest BCUT2D eigenvalue weighted by atomic mass is 16.3. The lowest BCUT2D eigenvalue weighted by Crippen LogP contribution is -2.53. The van der Waals surface area contributed by atoms with Gasteiger partial charge in [-0.15, -0.1) is 0 Å². The van der Waals surface area contributed by atoms with Gasteiger partial charge < -0.3 is 20.4 Å². The number of likely N-dealkylation sites (N-methyl/N-ethyl adjacent to an activating group) is 1. The fourth-order valence-electron chi connectivity index (χ4n) is 6.32. The number of hydrogen-bond donors (Lipinski definition) is 3. The molecular weight excluding hydrogens is 336 g/mol. The molecule has 8 atom stereocenters.